The van der Waals surface area contributed by atoms with Gasteiger partial charge in [-0.25, -0.2) is 0 Å². The fourth-order valence-electron chi connectivity index (χ4n) is 3.04. The van der Waals surface area contributed by atoms with Crippen molar-refractivity contribution in [2.75, 3.05) is 18.0 Å². The van der Waals surface area contributed by atoms with Crippen molar-refractivity contribution in [3.63, 3.8) is 0 Å². The van der Waals surface area contributed by atoms with Gasteiger partial charge in [-0.15, -0.1) is 10.2 Å². The normalized spacial score (nSPS) is 22.6. The summed E-state index contributed by atoms with van der Waals surface area (Å²) < 4.78 is 8.36. The summed E-state index contributed by atoms with van der Waals surface area (Å²) in [5, 5.41) is 8.69. The topological polar surface area (TPSA) is 42.7 Å². The van der Waals surface area contributed by atoms with E-state index < -0.39 is 0 Å². The van der Waals surface area contributed by atoms with E-state index in [2.05, 4.69) is 40.3 Å². The zero-order valence-electron chi connectivity index (χ0n) is 13.8. The molecule has 0 N–H and O–H groups in total. The van der Waals surface area contributed by atoms with E-state index in [1.54, 1.807) is 0 Å². The Morgan fingerprint density at radius 1 is 1.27 bits per heavy atom. The van der Waals surface area contributed by atoms with Crippen LogP contribution in [0.4, 0.5) is 5.95 Å². The maximum atomic E-state index is 6.29. The van der Waals surface area contributed by atoms with E-state index in [0.717, 1.165) is 31.1 Å². The molecule has 0 unspecified atom stereocenters. The summed E-state index contributed by atoms with van der Waals surface area (Å²) >= 11 is 0. The lowest BCUT2D eigenvalue weighted by Gasteiger charge is -2.39. The highest BCUT2D eigenvalue weighted by Crippen LogP contribution is 2.24. The molecule has 2 aromatic heterocycles. The van der Waals surface area contributed by atoms with Crippen molar-refractivity contribution in [3.05, 3.63) is 24.4 Å². The van der Waals surface area contributed by atoms with Crippen LogP contribution in [0.5, 0.6) is 0 Å². The lowest BCUT2D eigenvalue weighted by Crippen LogP contribution is -2.50. The quantitative estimate of drug-likeness (QED) is 0.851. The maximum absolute atomic E-state index is 6.29. The summed E-state index contributed by atoms with van der Waals surface area (Å²) in [5.41, 5.74) is 0.898. The van der Waals surface area contributed by atoms with Crippen LogP contribution in [0.25, 0.3) is 5.65 Å². The highest BCUT2D eigenvalue weighted by molar-refractivity contribution is 5.46. The maximum Gasteiger partial charge on any atom is 0.231 e. The molecule has 3 rings (SSSR count). The van der Waals surface area contributed by atoms with E-state index >= 15 is 0 Å². The second-order valence-corrected chi connectivity index (χ2v) is 6.52. The van der Waals surface area contributed by atoms with E-state index in [-0.39, 0.29) is 12.2 Å². The molecule has 120 valence electrons. The molecule has 1 aliphatic heterocycles. The van der Waals surface area contributed by atoms with Crippen LogP contribution in [0, 0.1) is 5.92 Å². The third-order valence-corrected chi connectivity index (χ3v) is 4.39. The summed E-state index contributed by atoms with van der Waals surface area (Å²) in [4.78, 5) is 2.34. The lowest BCUT2D eigenvalue weighted by molar-refractivity contribution is -0.0523. The van der Waals surface area contributed by atoms with Crippen molar-refractivity contribution in [3.8, 4) is 0 Å². The molecule has 0 saturated carbocycles. The average molecular weight is 302 g/mol. The number of pyridine rings is 1. The van der Waals surface area contributed by atoms with Gasteiger partial charge < -0.3 is 9.64 Å². The number of ether oxygens (including phenoxy) is 1. The van der Waals surface area contributed by atoms with Crippen molar-refractivity contribution in [1.29, 1.82) is 0 Å². The van der Waals surface area contributed by atoms with Gasteiger partial charge in [-0.2, -0.15) is 0 Å². The minimum Gasteiger partial charge on any atom is -0.371 e. The van der Waals surface area contributed by atoms with Gasteiger partial charge in [-0.3, -0.25) is 4.40 Å². The molecule has 0 aromatic carbocycles. The number of anilines is 1. The Labute approximate surface area is 132 Å². The number of hydrogen-bond donors (Lipinski definition) is 0. The molecule has 3 heterocycles. The second kappa shape index (κ2) is 6.65. The molecule has 2 aromatic rings. The van der Waals surface area contributed by atoms with E-state index in [9.17, 15) is 0 Å². The van der Waals surface area contributed by atoms with Crippen molar-refractivity contribution < 1.29 is 4.74 Å². The van der Waals surface area contributed by atoms with Gasteiger partial charge in [0.1, 0.15) is 0 Å². The molecule has 5 nitrogen and oxygen atoms in total. The van der Waals surface area contributed by atoms with Gasteiger partial charge in [-0.05, 0) is 24.5 Å². The Bertz CT molecular complexity index is 609. The first-order valence-electron chi connectivity index (χ1n) is 8.39. The third-order valence-electron chi connectivity index (χ3n) is 4.39. The number of nitrogens with zero attached hydrogens (tertiary/aromatic N) is 4. The van der Waals surface area contributed by atoms with Crippen LogP contribution in [-0.2, 0) is 4.74 Å². The molecule has 1 aliphatic rings. The number of rotatable bonds is 5. The van der Waals surface area contributed by atoms with Crippen LogP contribution >= 0.6 is 0 Å². The van der Waals surface area contributed by atoms with E-state index in [0.29, 0.717) is 5.92 Å². The minimum absolute atomic E-state index is 0.256. The van der Waals surface area contributed by atoms with E-state index in [4.69, 9.17) is 4.74 Å². The number of unbranched alkanes of at least 4 members (excludes halogenated alkanes) is 1. The highest BCUT2D eigenvalue weighted by atomic mass is 16.5. The Balaban J connectivity index is 1.84. The Morgan fingerprint density at radius 2 is 2.14 bits per heavy atom. The molecule has 1 fully saturated rings. The van der Waals surface area contributed by atoms with Gasteiger partial charge in [0, 0.05) is 19.3 Å². The zero-order valence-corrected chi connectivity index (χ0v) is 13.8. The summed E-state index contributed by atoms with van der Waals surface area (Å²) in [7, 11) is 0. The molecule has 0 bridgehead atoms. The van der Waals surface area contributed by atoms with Crippen LogP contribution < -0.4 is 4.90 Å². The largest absolute Gasteiger partial charge is 0.371 e. The predicted octanol–water partition coefficient (Wildman–Crippen LogP) is 3.15. The van der Waals surface area contributed by atoms with Gasteiger partial charge >= 0.3 is 0 Å². The van der Waals surface area contributed by atoms with Gasteiger partial charge in [-0.1, -0.05) is 39.7 Å². The Hall–Kier alpha value is -1.62. The van der Waals surface area contributed by atoms with Crippen LogP contribution in [0.2, 0.25) is 0 Å². The molecule has 5 heteroatoms. The first kappa shape index (κ1) is 15.3. The van der Waals surface area contributed by atoms with Gasteiger partial charge in [0.15, 0.2) is 5.65 Å². The average Bonchev–Trinajstić information content (AvgIpc) is 2.96. The summed E-state index contributed by atoms with van der Waals surface area (Å²) in [6, 6.07) is 6.01. The molecular weight excluding hydrogens is 276 g/mol. The van der Waals surface area contributed by atoms with Crippen LogP contribution in [0.1, 0.15) is 40.0 Å². The fourth-order valence-corrected chi connectivity index (χ4v) is 3.04. The molecular formula is C17H26N4O. The van der Waals surface area contributed by atoms with Gasteiger partial charge in [0.25, 0.3) is 0 Å². The standard InChI is InChI=1S/C17H26N4O/c1-4-5-8-14-11-20(12-15(22-14)13(2)3)17-19-18-16-9-6-7-10-21(16)17/h6-7,9-10,13-15H,4-5,8,11-12H2,1-3H3/t14-,15-/m1/s1. The van der Waals surface area contributed by atoms with E-state index in [1.807, 2.05) is 24.4 Å². The fraction of sp³-hybridized carbons (Fsp3) is 0.647. The molecule has 0 amide bonds. The third kappa shape index (κ3) is 3.09. The SMILES string of the molecule is CCCC[C@@H]1CN(c2nnc3ccccn23)C[C@H](C(C)C)O1. The van der Waals surface area contributed by atoms with Gasteiger partial charge in [0.2, 0.25) is 5.95 Å². The first-order chi connectivity index (χ1) is 10.7. The lowest BCUT2D eigenvalue weighted by atomic mass is 10.0. The number of aromatic nitrogens is 3. The van der Waals surface area contributed by atoms with Crippen molar-refractivity contribution in [2.45, 2.75) is 52.2 Å². The van der Waals surface area contributed by atoms with Crippen molar-refractivity contribution in [2.24, 2.45) is 5.92 Å². The van der Waals surface area contributed by atoms with Crippen LogP contribution in [0.15, 0.2) is 24.4 Å². The van der Waals surface area contributed by atoms with Crippen LogP contribution in [-0.4, -0.2) is 39.9 Å². The molecule has 22 heavy (non-hydrogen) atoms. The molecule has 0 aliphatic carbocycles. The molecule has 1 saturated heterocycles. The predicted molar refractivity (Wildman–Crippen MR) is 88.2 cm³/mol. The molecule has 0 spiro atoms. The first-order valence-corrected chi connectivity index (χ1v) is 8.39. The zero-order chi connectivity index (χ0) is 15.5. The summed E-state index contributed by atoms with van der Waals surface area (Å²) in [6.07, 6.45) is 6.12. The highest BCUT2D eigenvalue weighted by Gasteiger charge is 2.31. The van der Waals surface area contributed by atoms with Gasteiger partial charge in [0.05, 0.1) is 12.2 Å². The number of hydrogen-bond acceptors (Lipinski definition) is 4. The Morgan fingerprint density at radius 3 is 2.91 bits per heavy atom. The Kier molecular flexibility index (Phi) is 4.62. The second-order valence-electron chi connectivity index (χ2n) is 6.52. The summed E-state index contributed by atoms with van der Waals surface area (Å²) in [5.74, 6) is 1.44. The number of fused-ring (bicyclic) bond motifs is 1. The summed E-state index contributed by atoms with van der Waals surface area (Å²) in [6.45, 7) is 8.47. The van der Waals surface area contributed by atoms with Crippen molar-refractivity contribution >= 4 is 11.6 Å². The minimum atomic E-state index is 0.256. The van der Waals surface area contributed by atoms with Crippen LogP contribution in [0.3, 0.4) is 0 Å². The monoisotopic (exact) mass is 302 g/mol. The van der Waals surface area contributed by atoms with Crippen molar-refractivity contribution in [1.82, 2.24) is 14.6 Å². The molecule has 2 atom stereocenters. The smallest absolute Gasteiger partial charge is 0.231 e. The molecule has 0 radical (unpaired) electrons. The van der Waals surface area contributed by atoms with E-state index in [1.165, 1.54) is 12.8 Å². The number of morpholine rings is 1.